The number of aromatic nitrogens is 5. The smallest absolute Gasteiger partial charge is 0.289 e. The molecule has 2 fully saturated rings. The summed E-state index contributed by atoms with van der Waals surface area (Å²) in [5.41, 5.74) is 1.55. The van der Waals surface area contributed by atoms with Crippen LogP contribution in [0.1, 0.15) is 58.9 Å². The van der Waals surface area contributed by atoms with Crippen molar-refractivity contribution in [3.8, 4) is 0 Å². The number of hydrogen-bond acceptors (Lipinski definition) is 5. The molecule has 9 heteroatoms. The van der Waals surface area contributed by atoms with E-state index >= 15 is 0 Å². The van der Waals surface area contributed by atoms with E-state index in [1.165, 1.54) is 12.8 Å². The molecule has 3 aromatic rings. The van der Waals surface area contributed by atoms with Gasteiger partial charge in [0.2, 0.25) is 5.82 Å². The Morgan fingerprint density at radius 2 is 2.00 bits per heavy atom. The van der Waals surface area contributed by atoms with Gasteiger partial charge in [-0.2, -0.15) is 5.10 Å². The van der Waals surface area contributed by atoms with Gasteiger partial charge in [0.1, 0.15) is 5.82 Å². The first kappa shape index (κ1) is 19.5. The number of aryl methyl sites for hydroxylation is 1. The highest BCUT2D eigenvalue weighted by Crippen LogP contribution is 2.41. The van der Waals surface area contributed by atoms with Crippen LogP contribution in [0.2, 0.25) is 0 Å². The van der Waals surface area contributed by atoms with E-state index in [1.54, 1.807) is 10.7 Å². The van der Waals surface area contributed by atoms with Crippen LogP contribution in [-0.2, 0) is 13.0 Å². The fourth-order valence-electron chi connectivity index (χ4n) is 5.20. The molecule has 1 aliphatic carbocycles. The molecule has 2 aliphatic heterocycles. The Hall–Kier alpha value is -3.23. The standard InChI is InChI=1S/C23H27N7O2/c31-21(24-13-16-4-5-16)20-27-26-19-6-7-23(9-12-29(19)20)8-11-28(15-23)22(32)17-14-25-30-10-2-1-3-18(17)30/h1-3,10,14,16H,4-9,11-13,15H2,(H,24,31). The molecule has 166 valence electrons. The summed E-state index contributed by atoms with van der Waals surface area (Å²) in [6, 6.07) is 5.77. The molecule has 1 spiro atoms. The van der Waals surface area contributed by atoms with Crippen LogP contribution in [0.5, 0.6) is 0 Å². The van der Waals surface area contributed by atoms with Crippen LogP contribution < -0.4 is 5.32 Å². The predicted molar refractivity (Wildman–Crippen MR) is 116 cm³/mol. The highest BCUT2D eigenvalue weighted by atomic mass is 16.2. The highest BCUT2D eigenvalue weighted by Gasteiger charge is 2.42. The molecule has 0 aromatic carbocycles. The van der Waals surface area contributed by atoms with Crippen molar-refractivity contribution in [3.05, 3.63) is 47.8 Å². The molecule has 2 amide bonds. The summed E-state index contributed by atoms with van der Waals surface area (Å²) in [5, 5.41) is 15.8. The zero-order valence-corrected chi connectivity index (χ0v) is 18.0. The summed E-state index contributed by atoms with van der Waals surface area (Å²) in [4.78, 5) is 27.9. The number of rotatable bonds is 4. The number of amides is 2. The van der Waals surface area contributed by atoms with E-state index in [2.05, 4.69) is 20.6 Å². The molecule has 1 unspecified atom stereocenters. The molecule has 1 N–H and O–H groups in total. The first-order valence-electron chi connectivity index (χ1n) is 11.5. The van der Waals surface area contributed by atoms with Crippen LogP contribution in [0.4, 0.5) is 0 Å². The normalized spacial score (nSPS) is 22.8. The minimum absolute atomic E-state index is 0.0480. The summed E-state index contributed by atoms with van der Waals surface area (Å²) in [6.45, 7) is 2.93. The van der Waals surface area contributed by atoms with E-state index in [-0.39, 0.29) is 17.2 Å². The Morgan fingerprint density at radius 1 is 1.12 bits per heavy atom. The van der Waals surface area contributed by atoms with Crippen molar-refractivity contribution in [1.82, 2.24) is 34.6 Å². The van der Waals surface area contributed by atoms with E-state index in [4.69, 9.17) is 0 Å². The lowest BCUT2D eigenvalue weighted by molar-refractivity contribution is 0.0769. The van der Waals surface area contributed by atoms with Crippen molar-refractivity contribution < 1.29 is 9.59 Å². The number of nitrogens with zero attached hydrogens (tertiary/aromatic N) is 6. The molecule has 1 saturated carbocycles. The van der Waals surface area contributed by atoms with Gasteiger partial charge in [0.15, 0.2) is 0 Å². The van der Waals surface area contributed by atoms with Gasteiger partial charge in [0.05, 0.1) is 17.3 Å². The molecule has 1 saturated heterocycles. The van der Waals surface area contributed by atoms with Crippen molar-refractivity contribution >= 4 is 17.3 Å². The van der Waals surface area contributed by atoms with Crippen LogP contribution in [0.3, 0.4) is 0 Å². The van der Waals surface area contributed by atoms with E-state index < -0.39 is 0 Å². The SMILES string of the molecule is O=C(NCC1CC1)c1nnc2n1CCC1(CC2)CCN(C(=O)c2cnn3ccccc23)C1. The fraction of sp³-hybridized carbons (Fsp3) is 0.522. The maximum atomic E-state index is 13.3. The van der Waals surface area contributed by atoms with Crippen LogP contribution in [0, 0.1) is 11.3 Å². The summed E-state index contributed by atoms with van der Waals surface area (Å²) >= 11 is 0. The summed E-state index contributed by atoms with van der Waals surface area (Å²) in [5.74, 6) is 1.86. The molecular weight excluding hydrogens is 406 g/mol. The molecule has 0 bridgehead atoms. The number of carbonyl (C=O) groups is 2. The van der Waals surface area contributed by atoms with Gasteiger partial charge < -0.3 is 14.8 Å². The third kappa shape index (κ3) is 3.36. The van der Waals surface area contributed by atoms with Crippen molar-refractivity contribution in [1.29, 1.82) is 0 Å². The van der Waals surface area contributed by atoms with Crippen LogP contribution in [0.25, 0.3) is 5.52 Å². The maximum Gasteiger partial charge on any atom is 0.289 e. The molecule has 5 heterocycles. The summed E-state index contributed by atoms with van der Waals surface area (Å²) < 4.78 is 3.74. The number of fused-ring (bicyclic) bond motifs is 2. The summed E-state index contributed by atoms with van der Waals surface area (Å²) in [6.07, 6.45) is 9.55. The van der Waals surface area contributed by atoms with E-state index in [0.29, 0.717) is 23.9 Å². The van der Waals surface area contributed by atoms with Crippen LogP contribution >= 0.6 is 0 Å². The highest BCUT2D eigenvalue weighted by molar-refractivity contribution is 6.00. The lowest BCUT2D eigenvalue weighted by Gasteiger charge is -2.27. The number of hydrogen-bond donors (Lipinski definition) is 1. The van der Waals surface area contributed by atoms with Crippen LogP contribution in [-0.4, -0.2) is 60.7 Å². The minimum atomic E-state index is -0.122. The first-order chi connectivity index (χ1) is 15.6. The Kier molecular flexibility index (Phi) is 4.51. The number of nitrogens with one attached hydrogen (secondary N) is 1. The molecule has 32 heavy (non-hydrogen) atoms. The lowest BCUT2D eigenvalue weighted by atomic mass is 9.80. The Morgan fingerprint density at radius 3 is 2.88 bits per heavy atom. The van der Waals surface area contributed by atoms with Gasteiger partial charge in [-0.25, -0.2) is 4.52 Å². The number of carbonyl (C=O) groups excluding carboxylic acids is 2. The second-order valence-corrected chi connectivity index (χ2v) is 9.56. The monoisotopic (exact) mass is 433 g/mol. The van der Waals surface area contributed by atoms with Gasteiger partial charge in [-0.05, 0) is 55.6 Å². The second kappa shape index (κ2) is 7.43. The van der Waals surface area contributed by atoms with Gasteiger partial charge in [-0.1, -0.05) is 6.07 Å². The lowest BCUT2D eigenvalue weighted by Crippen LogP contribution is -2.33. The average molecular weight is 434 g/mol. The predicted octanol–water partition coefficient (Wildman–Crippen LogP) is 1.93. The zero-order valence-electron chi connectivity index (χ0n) is 18.0. The van der Waals surface area contributed by atoms with Gasteiger partial charge in [-0.15, -0.1) is 10.2 Å². The van der Waals surface area contributed by atoms with Gasteiger partial charge >= 0.3 is 0 Å². The Balaban J connectivity index is 1.16. The maximum absolute atomic E-state index is 13.3. The molecular formula is C23H27N7O2. The van der Waals surface area contributed by atoms with Crippen molar-refractivity contribution in [2.45, 2.75) is 45.1 Å². The molecule has 6 rings (SSSR count). The number of likely N-dealkylation sites (tertiary alicyclic amines) is 1. The quantitative estimate of drug-likeness (QED) is 0.678. The molecule has 3 aromatic heterocycles. The Bertz CT molecular complexity index is 1190. The molecule has 0 radical (unpaired) electrons. The average Bonchev–Trinajstić information content (AvgIpc) is 3.25. The van der Waals surface area contributed by atoms with E-state index in [0.717, 1.165) is 56.7 Å². The van der Waals surface area contributed by atoms with Gasteiger partial charge in [0, 0.05) is 38.8 Å². The fourth-order valence-corrected chi connectivity index (χ4v) is 5.20. The van der Waals surface area contributed by atoms with Crippen molar-refractivity contribution in [2.75, 3.05) is 19.6 Å². The first-order valence-corrected chi connectivity index (χ1v) is 11.5. The van der Waals surface area contributed by atoms with E-state index in [9.17, 15) is 9.59 Å². The largest absolute Gasteiger partial charge is 0.349 e. The van der Waals surface area contributed by atoms with Gasteiger partial charge in [-0.3, -0.25) is 9.59 Å². The van der Waals surface area contributed by atoms with E-state index in [1.807, 2.05) is 33.9 Å². The topological polar surface area (TPSA) is 97.4 Å². The third-order valence-corrected chi connectivity index (χ3v) is 7.41. The zero-order chi connectivity index (χ0) is 21.7. The van der Waals surface area contributed by atoms with Crippen LogP contribution in [0.15, 0.2) is 30.6 Å². The third-order valence-electron chi connectivity index (χ3n) is 7.41. The number of pyridine rings is 1. The second-order valence-electron chi connectivity index (χ2n) is 9.56. The molecule has 1 atom stereocenters. The van der Waals surface area contributed by atoms with Crippen molar-refractivity contribution in [3.63, 3.8) is 0 Å². The summed E-state index contributed by atoms with van der Waals surface area (Å²) in [7, 11) is 0. The van der Waals surface area contributed by atoms with Crippen molar-refractivity contribution in [2.24, 2.45) is 11.3 Å². The minimum Gasteiger partial charge on any atom is -0.349 e. The molecule has 9 nitrogen and oxygen atoms in total. The van der Waals surface area contributed by atoms with Gasteiger partial charge in [0.25, 0.3) is 11.8 Å². The molecule has 3 aliphatic rings. The Labute approximate surface area is 185 Å².